The van der Waals surface area contributed by atoms with Crippen LogP contribution in [0.15, 0.2) is 56.4 Å². The highest BCUT2D eigenvalue weighted by molar-refractivity contribution is 9.10. The standard InChI is InChI=1S/C18H18BrN3O5S/c1-22(28(23,24)14-7-5-13(19)6-8-14)11-17-20-18(21-27-17)12-4-9-15(25-2)16(10-12)26-3/h4-10H,11H2,1-3H3. The van der Waals surface area contributed by atoms with Gasteiger partial charge in [-0.1, -0.05) is 21.1 Å². The number of nitrogens with zero attached hydrogens (tertiary/aromatic N) is 3. The second-order valence-electron chi connectivity index (χ2n) is 5.80. The fourth-order valence-electron chi connectivity index (χ4n) is 2.47. The van der Waals surface area contributed by atoms with Crippen molar-refractivity contribution < 1.29 is 22.4 Å². The second-order valence-corrected chi connectivity index (χ2v) is 8.76. The summed E-state index contributed by atoms with van der Waals surface area (Å²) in [5.74, 6) is 1.61. The molecule has 0 spiro atoms. The molecule has 1 aromatic heterocycles. The van der Waals surface area contributed by atoms with Crippen LogP contribution in [-0.4, -0.2) is 44.1 Å². The molecule has 0 saturated carbocycles. The molecule has 0 amide bonds. The summed E-state index contributed by atoms with van der Waals surface area (Å²) in [6.45, 7) is -0.0569. The van der Waals surface area contributed by atoms with Crippen molar-refractivity contribution in [3.63, 3.8) is 0 Å². The minimum atomic E-state index is -3.68. The van der Waals surface area contributed by atoms with Gasteiger partial charge < -0.3 is 14.0 Å². The first kappa shape index (κ1) is 20.3. The lowest BCUT2D eigenvalue weighted by molar-refractivity contribution is 0.336. The first-order valence-electron chi connectivity index (χ1n) is 8.12. The van der Waals surface area contributed by atoms with Crippen molar-refractivity contribution in [2.24, 2.45) is 0 Å². The Labute approximate surface area is 171 Å². The van der Waals surface area contributed by atoms with Gasteiger partial charge in [0.2, 0.25) is 21.7 Å². The molecule has 8 nitrogen and oxygen atoms in total. The number of rotatable bonds is 7. The van der Waals surface area contributed by atoms with Gasteiger partial charge in [-0.05, 0) is 42.5 Å². The number of ether oxygens (including phenoxy) is 2. The molecule has 2 aromatic carbocycles. The van der Waals surface area contributed by atoms with Crippen LogP contribution in [0.2, 0.25) is 0 Å². The zero-order chi connectivity index (χ0) is 20.3. The molecular weight excluding hydrogens is 450 g/mol. The summed E-state index contributed by atoms with van der Waals surface area (Å²) >= 11 is 3.29. The molecule has 0 saturated heterocycles. The van der Waals surface area contributed by atoms with Crippen LogP contribution in [0.25, 0.3) is 11.4 Å². The monoisotopic (exact) mass is 467 g/mol. The molecule has 0 bridgehead atoms. The third-order valence-corrected chi connectivity index (χ3v) is 6.34. The van der Waals surface area contributed by atoms with Crippen molar-refractivity contribution in [1.82, 2.24) is 14.4 Å². The number of hydrogen-bond donors (Lipinski definition) is 0. The molecule has 3 rings (SSSR count). The van der Waals surface area contributed by atoms with Crippen molar-refractivity contribution in [2.45, 2.75) is 11.4 Å². The van der Waals surface area contributed by atoms with E-state index >= 15 is 0 Å². The zero-order valence-electron chi connectivity index (χ0n) is 15.4. The summed E-state index contributed by atoms with van der Waals surface area (Å²) < 4.78 is 43.0. The maximum absolute atomic E-state index is 12.7. The lowest BCUT2D eigenvalue weighted by atomic mass is 10.2. The minimum absolute atomic E-state index is 0.0569. The quantitative estimate of drug-likeness (QED) is 0.525. The number of aromatic nitrogens is 2. The average molecular weight is 468 g/mol. The lowest BCUT2D eigenvalue weighted by Gasteiger charge is -2.15. The van der Waals surface area contributed by atoms with Crippen molar-refractivity contribution in [2.75, 3.05) is 21.3 Å². The van der Waals surface area contributed by atoms with Gasteiger partial charge in [0.15, 0.2) is 11.5 Å². The maximum atomic E-state index is 12.7. The van der Waals surface area contributed by atoms with Gasteiger partial charge in [-0.2, -0.15) is 9.29 Å². The Morgan fingerprint density at radius 2 is 1.75 bits per heavy atom. The molecule has 0 aliphatic heterocycles. The van der Waals surface area contributed by atoms with Crippen LogP contribution in [0.5, 0.6) is 11.5 Å². The first-order valence-corrected chi connectivity index (χ1v) is 10.4. The summed E-state index contributed by atoms with van der Waals surface area (Å²) in [7, 11) is 0.855. The molecule has 0 unspecified atom stereocenters. The Balaban J connectivity index is 1.80. The molecule has 0 aliphatic carbocycles. The number of sulfonamides is 1. The number of benzene rings is 2. The highest BCUT2D eigenvalue weighted by Gasteiger charge is 2.23. The van der Waals surface area contributed by atoms with Gasteiger partial charge in [0.25, 0.3) is 0 Å². The van der Waals surface area contributed by atoms with Crippen LogP contribution >= 0.6 is 15.9 Å². The molecule has 0 aliphatic rings. The lowest BCUT2D eigenvalue weighted by Crippen LogP contribution is -2.26. The summed E-state index contributed by atoms with van der Waals surface area (Å²) in [5.41, 5.74) is 0.658. The van der Waals surface area contributed by atoms with Crippen LogP contribution in [0.3, 0.4) is 0 Å². The van der Waals surface area contributed by atoms with E-state index in [0.717, 1.165) is 8.78 Å². The third kappa shape index (κ3) is 4.18. The smallest absolute Gasteiger partial charge is 0.243 e. The second kappa shape index (κ2) is 8.29. The van der Waals surface area contributed by atoms with Crippen LogP contribution in [0.4, 0.5) is 0 Å². The van der Waals surface area contributed by atoms with Gasteiger partial charge >= 0.3 is 0 Å². The van der Waals surface area contributed by atoms with Gasteiger partial charge in [-0.3, -0.25) is 0 Å². The highest BCUT2D eigenvalue weighted by Crippen LogP contribution is 2.31. The molecule has 0 radical (unpaired) electrons. The van der Waals surface area contributed by atoms with E-state index in [-0.39, 0.29) is 17.3 Å². The predicted octanol–water partition coefficient (Wildman–Crippen LogP) is 3.34. The summed E-state index contributed by atoms with van der Waals surface area (Å²) in [5, 5.41) is 3.93. The first-order chi connectivity index (χ1) is 13.3. The van der Waals surface area contributed by atoms with Gasteiger partial charge in [-0.25, -0.2) is 8.42 Å². The van der Waals surface area contributed by atoms with Gasteiger partial charge in [0.1, 0.15) is 0 Å². The summed E-state index contributed by atoms with van der Waals surface area (Å²) in [6.07, 6.45) is 0. The Morgan fingerprint density at radius 3 is 2.39 bits per heavy atom. The number of halogens is 1. The fraction of sp³-hybridized carbons (Fsp3) is 0.222. The van der Waals surface area contributed by atoms with E-state index in [1.807, 2.05) is 0 Å². The van der Waals surface area contributed by atoms with E-state index in [1.165, 1.54) is 26.3 Å². The zero-order valence-corrected chi connectivity index (χ0v) is 17.8. The largest absolute Gasteiger partial charge is 0.493 e. The van der Waals surface area contributed by atoms with Crippen molar-refractivity contribution in [3.05, 3.63) is 52.8 Å². The van der Waals surface area contributed by atoms with E-state index < -0.39 is 10.0 Å². The number of methoxy groups -OCH3 is 2. The molecular formula is C18H18BrN3O5S. The van der Waals surface area contributed by atoms with Crippen molar-refractivity contribution in [3.8, 4) is 22.9 Å². The topological polar surface area (TPSA) is 94.8 Å². The highest BCUT2D eigenvalue weighted by atomic mass is 79.9. The molecule has 1 heterocycles. The summed E-state index contributed by atoms with van der Waals surface area (Å²) in [6, 6.07) is 11.6. The molecule has 148 valence electrons. The molecule has 28 heavy (non-hydrogen) atoms. The Hall–Kier alpha value is -2.43. The molecule has 10 heteroatoms. The van der Waals surface area contributed by atoms with Crippen LogP contribution in [-0.2, 0) is 16.6 Å². The fourth-order valence-corrected chi connectivity index (χ4v) is 3.86. The maximum Gasteiger partial charge on any atom is 0.243 e. The third-order valence-electron chi connectivity index (χ3n) is 3.99. The van der Waals surface area contributed by atoms with E-state index in [2.05, 4.69) is 26.1 Å². The van der Waals surface area contributed by atoms with Crippen LogP contribution < -0.4 is 9.47 Å². The summed E-state index contributed by atoms with van der Waals surface area (Å²) in [4.78, 5) is 4.46. The predicted molar refractivity (Wildman–Crippen MR) is 106 cm³/mol. The van der Waals surface area contributed by atoms with Gasteiger partial charge in [0.05, 0.1) is 25.7 Å². The van der Waals surface area contributed by atoms with Gasteiger partial charge in [0, 0.05) is 17.1 Å². The molecule has 0 N–H and O–H groups in total. The van der Waals surface area contributed by atoms with E-state index in [0.29, 0.717) is 22.9 Å². The molecule has 3 aromatic rings. The average Bonchev–Trinajstić information content (AvgIpc) is 3.16. The SMILES string of the molecule is COc1ccc(-c2noc(CN(C)S(=O)(=O)c3ccc(Br)cc3)n2)cc1OC. The van der Waals surface area contributed by atoms with Crippen molar-refractivity contribution in [1.29, 1.82) is 0 Å². The molecule has 0 fully saturated rings. The normalized spacial score (nSPS) is 11.6. The van der Waals surface area contributed by atoms with E-state index in [1.54, 1.807) is 37.4 Å². The van der Waals surface area contributed by atoms with E-state index in [9.17, 15) is 8.42 Å². The number of hydrogen-bond acceptors (Lipinski definition) is 7. The Kier molecular flexibility index (Phi) is 6.01. The Bertz CT molecular complexity index is 1070. The van der Waals surface area contributed by atoms with Crippen molar-refractivity contribution >= 4 is 26.0 Å². The van der Waals surface area contributed by atoms with Gasteiger partial charge in [-0.15, -0.1) is 0 Å². The van der Waals surface area contributed by atoms with Crippen LogP contribution in [0.1, 0.15) is 5.89 Å². The molecule has 0 atom stereocenters. The van der Waals surface area contributed by atoms with Crippen LogP contribution in [0, 0.1) is 0 Å². The van der Waals surface area contributed by atoms with E-state index in [4.69, 9.17) is 14.0 Å². The Morgan fingerprint density at radius 1 is 1.07 bits per heavy atom. The minimum Gasteiger partial charge on any atom is -0.493 e.